The van der Waals surface area contributed by atoms with Crippen molar-refractivity contribution < 1.29 is 13.2 Å². The zero-order chi connectivity index (χ0) is 17.2. The number of nitrogens with zero attached hydrogens (tertiary/aromatic N) is 3. The van der Waals surface area contributed by atoms with Crippen LogP contribution < -0.4 is 5.32 Å². The average molecular weight is 342 g/mol. The maximum atomic E-state index is 12.3. The molecule has 0 aromatic carbocycles. The number of fused-ring (bicyclic) bond motifs is 1. The lowest BCUT2D eigenvalue weighted by molar-refractivity contribution is -0.120. The highest BCUT2D eigenvalue weighted by atomic mass is 32.2. The summed E-state index contributed by atoms with van der Waals surface area (Å²) in [6.45, 7) is 8.55. The fourth-order valence-electron chi connectivity index (χ4n) is 2.91. The Balaban J connectivity index is 2.16. The normalized spacial score (nSPS) is 18.9. The number of hydrogen-bond acceptors (Lipinski definition) is 4. The number of aromatic nitrogens is 2. The van der Waals surface area contributed by atoms with E-state index < -0.39 is 10.0 Å². The van der Waals surface area contributed by atoms with Crippen LogP contribution in [0, 0.1) is 0 Å². The fraction of sp³-hybridized carbons (Fsp3) is 0.733. The summed E-state index contributed by atoms with van der Waals surface area (Å²) in [6.07, 6.45) is 2.67. The van der Waals surface area contributed by atoms with Gasteiger partial charge in [-0.1, -0.05) is 6.92 Å². The zero-order valence-electron chi connectivity index (χ0n) is 14.2. The van der Waals surface area contributed by atoms with Gasteiger partial charge in [-0.2, -0.15) is 4.31 Å². The molecular formula is C15H26N4O3S. The Morgan fingerprint density at radius 2 is 2.13 bits per heavy atom. The Labute approximate surface area is 138 Å². The van der Waals surface area contributed by atoms with Crippen LogP contribution >= 0.6 is 0 Å². The number of carbonyl (C=O) groups is 1. The molecule has 2 heterocycles. The van der Waals surface area contributed by atoms with Crippen molar-refractivity contribution in [1.82, 2.24) is 19.2 Å². The van der Waals surface area contributed by atoms with Crippen LogP contribution in [0.15, 0.2) is 6.20 Å². The molecule has 130 valence electrons. The fourth-order valence-corrected chi connectivity index (χ4v) is 4.59. The molecule has 0 fully saturated rings. The maximum Gasteiger partial charge on any atom is 0.226 e. The molecule has 0 saturated carbocycles. The summed E-state index contributed by atoms with van der Waals surface area (Å²) in [5.74, 6) is 0.795. The van der Waals surface area contributed by atoms with Crippen LogP contribution in [0.25, 0.3) is 0 Å². The predicted molar refractivity (Wildman–Crippen MR) is 88.4 cm³/mol. The summed E-state index contributed by atoms with van der Waals surface area (Å²) in [5.41, 5.74) is 0.680. The van der Waals surface area contributed by atoms with E-state index in [0.717, 1.165) is 0 Å². The lowest BCUT2D eigenvalue weighted by atomic mass is 10.2. The van der Waals surface area contributed by atoms with Gasteiger partial charge in [0.2, 0.25) is 15.9 Å². The molecule has 8 heteroatoms. The molecule has 1 aliphatic rings. The third-order valence-electron chi connectivity index (χ3n) is 3.83. The van der Waals surface area contributed by atoms with Gasteiger partial charge in [0.15, 0.2) is 0 Å². The average Bonchev–Trinajstić information content (AvgIpc) is 2.80. The van der Waals surface area contributed by atoms with Gasteiger partial charge in [0.1, 0.15) is 5.82 Å². The van der Waals surface area contributed by atoms with Crippen LogP contribution in [0.5, 0.6) is 0 Å². The minimum atomic E-state index is -3.25. The number of hydrogen-bond donors (Lipinski definition) is 1. The van der Waals surface area contributed by atoms with Crippen LogP contribution in [-0.4, -0.2) is 46.5 Å². The van der Waals surface area contributed by atoms with Gasteiger partial charge in [-0.15, -0.1) is 0 Å². The lowest BCUT2D eigenvalue weighted by Crippen LogP contribution is -2.42. The molecule has 0 bridgehead atoms. The highest BCUT2D eigenvalue weighted by Gasteiger charge is 2.33. The van der Waals surface area contributed by atoms with Gasteiger partial charge in [-0.3, -0.25) is 4.79 Å². The van der Waals surface area contributed by atoms with Crippen LogP contribution in [0.3, 0.4) is 0 Å². The summed E-state index contributed by atoms with van der Waals surface area (Å²) in [5, 5.41) is 2.84. The topological polar surface area (TPSA) is 84.3 Å². The van der Waals surface area contributed by atoms with Crippen LogP contribution in [0.1, 0.15) is 51.7 Å². The minimum Gasteiger partial charge on any atom is -0.354 e. The first-order valence-electron chi connectivity index (χ1n) is 8.09. The molecule has 1 N–H and O–H groups in total. The van der Waals surface area contributed by atoms with Crippen molar-refractivity contribution in [3.8, 4) is 0 Å². The number of imidazole rings is 1. The first-order chi connectivity index (χ1) is 10.7. The van der Waals surface area contributed by atoms with Crippen molar-refractivity contribution in [2.24, 2.45) is 0 Å². The van der Waals surface area contributed by atoms with Crippen LogP contribution in [0.4, 0.5) is 0 Å². The van der Waals surface area contributed by atoms with Gasteiger partial charge in [0, 0.05) is 25.3 Å². The minimum absolute atomic E-state index is 0.0708. The smallest absolute Gasteiger partial charge is 0.226 e. The first-order valence-corrected chi connectivity index (χ1v) is 9.70. The Morgan fingerprint density at radius 1 is 1.43 bits per heavy atom. The molecule has 0 aliphatic carbocycles. The van der Waals surface area contributed by atoms with Gasteiger partial charge in [0.25, 0.3) is 0 Å². The number of amides is 1. The molecule has 0 saturated heterocycles. The highest BCUT2D eigenvalue weighted by Crippen LogP contribution is 2.27. The van der Waals surface area contributed by atoms with Crippen LogP contribution in [-0.2, 0) is 27.8 Å². The monoisotopic (exact) mass is 342 g/mol. The molecule has 7 nitrogen and oxygen atoms in total. The second-order valence-electron chi connectivity index (χ2n) is 6.29. The van der Waals surface area contributed by atoms with E-state index in [1.54, 1.807) is 0 Å². The molecule has 1 unspecified atom stereocenters. The van der Waals surface area contributed by atoms with Gasteiger partial charge >= 0.3 is 0 Å². The summed E-state index contributed by atoms with van der Waals surface area (Å²) >= 11 is 0. The number of sulfonamides is 1. The van der Waals surface area contributed by atoms with E-state index in [4.69, 9.17) is 0 Å². The van der Waals surface area contributed by atoms with E-state index in [9.17, 15) is 13.2 Å². The Hall–Kier alpha value is -1.41. The van der Waals surface area contributed by atoms with E-state index >= 15 is 0 Å². The van der Waals surface area contributed by atoms with Gasteiger partial charge in [-0.05, 0) is 27.2 Å². The quantitative estimate of drug-likeness (QED) is 0.838. The summed E-state index contributed by atoms with van der Waals surface area (Å²) in [4.78, 5) is 16.4. The predicted octanol–water partition coefficient (Wildman–Crippen LogP) is 1.07. The summed E-state index contributed by atoms with van der Waals surface area (Å²) in [7, 11) is -3.25. The zero-order valence-corrected chi connectivity index (χ0v) is 15.1. The Kier molecular flexibility index (Phi) is 5.46. The molecule has 1 amide bonds. The second kappa shape index (κ2) is 7.00. The molecule has 1 atom stereocenters. The Morgan fingerprint density at radius 3 is 2.74 bits per heavy atom. The molecular weight excluding hydrogens is 316 g/mol. The van der Waals surface area contributed by atoms with Crippen molar-refractivity contribution in [3.63, 3.8) is 0 Å². The third kappa shape index (κ3) is 4.11. The van der Waals surface area contributed by atoms with Gasteiger partial charge in [-0.25, -0.2) is 13.4 Å². The molecule has 1 aromatic heterocycles. The maximum absolute atomic E-state index is 12.3. The molecule has 1 aromatic rings. The van der Waals surface area contributed by atoms with Crippen molar-refractivity contribution >= 4 is 15.9 Å². The molecule has 1 aliphatic heterocycles. The van der Waals surface area contributed by atoms with E-state index in [1.807, 2.05) is 38.5 Å². The number of carbonyl (C=O) groups excluding carboxylic acids is 1. The summed E-state index contributed by atoms with van der Waals surface area (Å²) in [6, 6.07) is -0.212. The summed E-state index contributed by atoms with van der Waals surface area (Å²) < 4.78 is 28.2. The van der Waals surface area contributed by atoms with Gasteiger partial charge in [0.05, 0.1) is 23.9 Å². The van der Waals surface area contributed by atoms with E-state index in [-0.39, 0.29) is 30.2 Å². The molecule has 0 radical (unpaired) electrons. The standard InChI is InChI=1S/C15H26N4O3S/c1-5-8-23(21,22)19-7-6-18-10-13(17-15(18)12(19)4)9-14(20)16-11(2)3/h10-12H,5-9H2,1-4H3,(H,16,20). The lowest BCUT2D eigenvalue weighted by Gasteiger charge is -2.32. The van der Waals surface area contributed by atoms with E-state index in [0.29, 0.717) is 31.0 Å². The highest BCUT2D eigenvalue weighted by molar-refractivity contribution is 7.89. The number of nitrogens with one attached hydrogen (secondary N) is 1. The molecule has 2 rings (SSSR count). The third-order valence-corrected chi connectivity index (χ3v) is 5.97. The SMILES string of the molecule is CCCS(=O)(=O)N1CCn2cc(CC(=O)NC(C)C)nc2C1C. The van der Waals surface area contributed by atoms with Crippen molar-refractivity contribution in [3.05, 3.63) is 17.7 Å². The number of rotatable bonds is 6. The Bertz CT molecular complexity index is 666. The molecule has 0 spiro atoms. The van der Waals surface area contributed by atoms with Crippen molar-refractivity contribution in [2.75, 3.05) is 12.3 Å². The van der Waals surface area contributed by atoms with Crippen LogP contribution in [0.2, 0.25) is 0 Å². The molecule has 23 heavy (non-hydrogen) atoms. The van der Waals surface area contributed by atoms with E-state index in [2.05, 4.69) is 10.3 Å². The first kappa shape index (κ1) is 17.9. The van der Waals surface area contributed by atoms with Gasteiger partial charge < -0.3 is 9.88 Å². The second-order valence-corrected chi connectivity index (χ2v) is 8.33. The largest absolute Gasteiger partial charge is 0.354 e. The van der Waals surface area contributed by atoms with Crippen molar-refractivity contribution in [2.45, 2.75) is 59.2 Å². The van der Waals surface area contributed by atoms with Crippen molar-refractivity contribution in [1.29, 1.82) is 0 Å². The van der Waals surface area contributed by atoms with E-state index in [1.165, 1.54) is 4.31 Å².